The summed E-state index contributed by atoms with van der Waals surface area (Å²) in [4.78, 5) is 30.3. The van der Waals surface area contributed by atoms with Gasteiger partial charge >= 0.3 is 0 Å². The van der Waals surface area contributed by atoms with Crippen molar-refractivity contribution in [1.82, 2.24) is 10.3 Å². The van der Waals surface area contributed by atoms with Gasteiger partial charge in [-0.15, -0.1) is 0 Å². The van der Waals surface area contributed by atoms with Gasteiger partial charge in [-0.05, 0) is 60.7 Å². The average Bonchev–Trinajstić information content (AvgIpc) is 2.68. The van der Waals surface area contributed by atoms with Crippen LogP contribution in [0.25, 0.3) is 0 Å². The molecule has 27 heavy (non-hydrogen) atoms. The second-order valence-corrected chi connectivity index (χ2v) is 7.07. The van der Waals surface area contributed by atoms with Crippen molar-refractivity contribution in [3.63, 3.8) is 0 Å². The minimum absolute atomic E-state index is 0.198. The van der Waals surface area contributed by atoms with E-state index in [0.717, 1.165) is 24.6 Å². The summed E-state index contributed by atoms with van der Waals surface area (Å²) in [6.45, 7) is 4.83. The zero-order chi connectivity index (χ0) is 19.1. The maximum absolute atomic E-state index is 12.1. The van der Waals surface area contributed by atoms with Crippen LogP contribution < -0.4 is 15.5 Å². The third-order valence-corrected chi connectivity index (χ3v) is 4.86. The number of piperidine rings is 1. The van der Waals surface area contributed by atoms with E-state index in [9.17, 15) is 9.59 Å². The van der Waals surface area contributed by atoms with Gasteiger partial charge in [-0.25, -0.2) is 0 Å². The van der Waals surface area contributed by atoms with Gasteiger partial charge in [0.05, 0.1) is 0 Å². The molecule has 6 nitrogen and oxygen atoms in total. The highest BCUT2D eigenvalue weighted by atomic mass is 16.2. The lowest BCUT2D eigenvalue weighted by molar-refractivity contribution is -0.126. The zero-order valence-corrected chi connectivity index (χ0v) is 15.6. The summed E-state index contributed by atoms with van der Waals surface area (Å²) in [6.07, 6.45) is 5.57. The molecule has 1 aromatic carbocycles. The first-order valence-corrected chi connectivity index (χ1v) is 9.40. The zero-order valence-electron chi connectivity index (χ0n) is 15.6. The molecule has 2 amide bonds. The van der Waals surface area contributed by atoms with Crippen LogP contribution in [-0.4, -0.2) is 29.9 Å². The summed E-state index contributed by atoms with van der Waals surface area (Å²) in [6, 6.07) is 11.5. The van der Waals surface area contributed by atoms with Crippen LogP contribution in [0.2, 0.25) is 0 Å². The van der Waals surface area contributed by atoms with Crippen molar-refractivity contribution in [2.75, 3.05) is 23.3 Å². The number of rotatable bonds is 6. The Morgan fingerprint density at radius 1 is 1.04 bits per heavy atom. The lowest BCUT2D eigenvalue weighted by atomic mass is 9.99. The fourth-order valence-electron chi connectivity index (χ4n) is 3.14. The molecule has 2 heterocycles. The summed E-state index contributed by atoms with van der Waals surface area (Å²) in [5, 5.41) is 5.52. The number of carbonyl (C=O) groups is 2. The number of nitrogens with one attached hydrogen (secondary N) is 2. The van der Waals surface area contributed by atoms with E-state index < -0.39 is 0 Å². The summed E-state index contributed by atoms with van der Waals surface area (Å²) >= 11 is 0. The molecule has 2 N–H and O–H groups in total. The Morgan fingerprint density at radius 3 is 2.37 bits per heavy atom. The van der Waals surface area contributed by atoms with Crippen LogP contribution in [0, 0.1) is 5.92 Å². The van der Waals surface area contributed by atoms with Crippen molar-refractivity contribution < 1.29 is 9.59 Å². The molecule has 1 fully saturated rings. The minimum Gasteiger partial charge on any atom is -0.372 e. The van der Waals surface area contributed by atoms with E-state index in [-0.39, 0.29) is 18.2 Å². The molecular formula is C21H26N4O2. The second kappa shape index (κ2) is 9.16. The van der Waals surface area contributed by atoms with E-state index in [0.29, 0.717) is 12.2 Å². The number of nitrogens with zero attached hydrogens (tertiary/aromatic N) is 2. The average molecular weight is 366 g/mol. The molecule has 0 aliphatic carbocycles. The Morgan fingerprint density at radius 2 is 1.70 bits per heavy atom. The Bertz CT molecular complexity index is 754. The van der Waals surface area contributed by atoms with Crippen LogP contribution in [-0.2, 0) is 16.1 Å². The maximum atomic E-state index is 12.1. The number of hydrogen-bond acceptors (Lipinski definition) is 4. The molecule has 0 bridgehead atoms. The molecule has 0 saturated carbocycles. The molecule has 1 aliphatic heterocycles. The molecular weight excluding hydrogens is 340 g/mol. The van der Waals surface area contributed by atoms with Gasteiger partial charge in [0.15, 0.2) is 0 Å². The van der Waals surface area contributed by atoms with E-state index >= 15 is 0 Å². The van der Waals surface area contributed by atoms with Crippen LogP contribution in [0.15, 0.2) is 48.8 Å². The van der Waals surface area contributed by atoms with Gasteiger partial charge in [0.2, 0.25) is 11.8 Å². The number of carbonyl (C=O) groups excluding carboxylic acids is 2. The highest BCUT2D eigenvalue weighted by Gasteiger charge is 2.16. The lowest BCUT2D eigenvalue weighted by Crippen LogP contribution is -2.32. The molecule has 3 rings (SSSR count). The molecule has 2 aromatic rings. The van der Waals surface area contributed by atoms with Crippen molar-refractivity contribution in [2.24, 2.45) is 5.92 Å². The monoisotopic (exact) mass is 366 g/mol. The summed E-state index contributed by atoms with van der Waals surface area (Å²) in [5.41, 5.74) is 2.83. The van der Waals surface area contributed by atoms with Crippen molar-refractivity contribution in [2.45, 2.75) is 32.7 Å². The van der Waals surface area contributed by atoms with Gasteiger partial charge < -0.3 is 15.5 Å². The number of anilines is 2. The summed E-state index contributed by atoms with van der Waals surface area (Å²) in [7, 11) is 0. The summed E-state index contributed by atoms with van der Waals surface area (Å²) in [5.74, 6) is 0.176. The molecule has 1 aromatic heterocycles. The first-order chi connectivity index (χ1) is 13.1. The van der Waals surface area contributed by atoms with E-state index in [1.165, 1.54) is 18.5 Å². The fourth-order valence-corrected chi connectivity index (χ4v) is 3.14. The predicted octanol–water partition coefficient (Wildman–Crippen LogP) is 2.96. The normalized spacial score (nSPS) is 14.6. The fraction of sp³-hybridized carbons (Fsp3) is 0.381. The van der Waals surface area contributed by atoms with E-state index in [2.05, 4.69) is 27.4 Å². The van der Waals surface area contributed by atoms with Gasteiger partial charge in [-0.3, -0.25) is 14.6 Å². The van der Waals surface area contributed by atoms with Crippen LogP contribution in [0.1, 0.15) is 31.7 Å². The Balaban J connectivity index is 1.44. The first kappa shape index (κ1) is 18.9. The molecule has 142 valence electrons. The number of benzene rings is 1. The minimum atomic E-state index is -0.318. The first-order valence-electron chi connectivity index (χ1n) is 9.40. The molecule has 0 spiro atoms. The molecule has 6 heteroatoms. The summed E-state index contributed by atoms with van der Waals surface area (Å²) < 4.78 is 0. The maximum Gasteiger partial charge on any atom is 0.233 e. The van der Waals surface area contributed by atoms with Crippen molar-refractivity contribution in [3.05, 3.63) is 54.4 Å². The lowest BCUT2D eigenvalue weighted by Gasteiger charge is -2.32. The van der Waals surface area contributed by atoms with Crippen LogP contribution in [0.5, 0.6) is 0 Å². The topological polar surface area (TPSA) is 74.3 Å². The number of hydrogen-bond donors (Lipinski definition) is 2. The van der Waals surface area contributed by atoms with Gasteiger partial charge in [0.25, 0.3) is 0 Å². The van der Waals surface area contributed by atoms with E-state index in [4.69, 9.17) is 0 Å². The number of amides is 2. The smallest absolute Gasteiger partial charge is 0.233 e. The highest BCUT2D eigenvalue weighted by Crippen LogP contribution is 2.24. The molecule has 0 atom stereocenters. The quantitative estimate of drug-likeness (QED) is 0.771. The molecule has 0 unspecified atom stereocenters. The Kier molecular flexibility index (Phi) is 6.41. The van der Waals surface area contributed by atoms with Crippen molar-refractivity contribution >= 4 is 23.2 Å². The largest absolute Gasteiger partial charge is 0.372 e. The molecule has 0 radical (unpaired) electrons. The van der Waals surface area contributed by atoms with E-state index in [1.807, 2.05) is 36.4 Å². The Hall–Kier alpha value is -2.89. The molecule has 1 saturated heterocycles. The number of aromatic nitrogens is 1. The van der Waals surface area contributed by atoms with Crippen LogP contribution in [0.4, 0.5) is 11.4 Å². The van der Waals surface area contributed by atoms with Gasteiger partial charge in [-0.1, -0.05) is 6.92 Å². The number of pyridine rings is 1. The van der Waals surface area contributed by atoms with E-state index in [1.54, 1.807) is 12.4 Å². The molecule has 1 aliphatic rings. The highest BCUT2D eigenvalue weighted by molar-refractivity contribution is 6.03. The van der Waals surface area contributed by atoms with Crippen LogP contribution >= 0.6 is 0 Å². The Labute approximate surface area is 160 Å². The van der Waals surface area contributed by atoms with Gasteiger partial charge in [0, 0.05) is 43.4 Å². The second-order valence-electron chi connectivity index (χ2n) is 7.07. The van der Waals surface area contributed by atoms with Gasteiger partial charge in [0.1, 0.15) is 6.42 Å². The van der Waals surface area contributed by atoms with Crippen molar-refractivity contribution in [3.8, 4) is 0 Å². The standard InChI is InChI=1S/C21H26N4O2/c1-16-8-12-25(13-9-16)19-4-2-18(3-5-19)24-21(27)14-20(26)23-15-17-6-10-22-11-7-17/h2-7,10-11,16H,8-9,12-15H2,1H3,(H,23,26)(H,24,27). The third kappa shape index (κ3) is 5.81. The SMILES string of the molecule is CC1CCN(c2ccc(NC(=O)CC(=O)NCc3ccncc3)cc2)CC1. The van der Waals surface area contributed by atoms with Crippen LogP contribution in [0.3, 0.4) is 0 Å². The third-order valence-electron chi connectivity index (χ3n) is 4.86. The van der Waals surface area contributed by atoms with Gasteiger partial charge in [-0.2, -0.15) is 0 Å². The predicted molar refractivity (Wildman–Crippen MR) is 106 cm³/mol. The van der Waals surface area contributed by atoms with Crippen molar-refractivity contribution in [1.29, 1.82) is 0 Å².